The molecule has 0 saturated heterocycles. The number of halogens is 1. The fraction of sp³-hybridized carbons (Fsp3) is 0.667. The number of rotatable bonds is 2. The van der Waals surface area contributed by atoms with E-state index in [0.29, 0.717) is 19.3 Å². The number of hydrogen-bond donors (Lipinski definition) is 0. The molecule has 1 fully saturated rings. The number of alkyl halides is 1. The molecule has 1 aliphatic rings. The summed E-state index contributed by atoms with van der Waals surface area (Å²) in [5.41, 5.74) is 0. The standard InChI is InChI=1S/C9H11FO/c1-2-7-5-9(11)6-8(7)3-4-10/h1,7-8H,3-6H2. The van der Waals surface area contributed by atoms with Gasteiger partial charge in [-0.3, -0.25) is 9.18 Å². The fourth-order valence-corrected chi connectivity index (χ4v) is 1.57. The molecule has 1 saturated carbocycles. The van der Waals surface area contributed by atoms with Crippen LogP contribution in [0.3, 0.4) is 0 Å². The molecular weight excluding hydrogens is 143 g/mol. The van der Waals surface area contributed by atoms with Crippen molar-refractivity contribution in [1.82, 2.24) is 0 Å². The van der Waals surface area contributed by atoms with Gasteiger partial charge >= 0.3 is 0 Å². The second-order valence-electron chi connectivity index (χ2n) is 2.96. The molecule has 0 radical (unpaired) electrons. The molecule has 0 bridgehead atoms. The summed E-state index contributed by atoms with van der Waals surface area (Å²) in [6.07, 6.45) is 6.58. The van der Waals surface area contributed by atoms with E-state index >= 15 is 0 Å². The third-order valence-electron chi connectivity index (χ3n) is 2.20. The topological polar surface area (TPSA) is 17.1 Å². The fourth-order valence-electron chi connectivity index (χ4n) is 1.57. The lowest BCUT2D eigenvalue weighted by Crippen LogP contribution is -2.05. The molecule has 11 heavy (non-hydrogen) atoms. The summed E-state index contributed by atoms with van der Waals surface area (Å²) in [7, 11) is 0. The van der Waals surface area contributed by atoms with E-state index in [4.69, 9.17) is 6.42 Å². The van der Waals surface area contributed by atoms with Crippen LogP contribution in [-0.4, -0.2) is 12.5 Å². The molecule has 1 rings (SSSR count). The Morgan fingerprint density at radius 2 is 2.36 bits per heavy atom. The highest BCUT2D eigenvalue weighted by atomic mass is 19.1. The SMILES string of the molecule is C#CC1CC(=O)CC1CCF. The molecule has 0 aromatic carbocycles. The van der Waals surface area contributed by atoms with Crippen LogP contribution in [0.15, 0.2) is 0 Å². The van der Waals surface area contributed by atoms with Gasteiger partial charge in [-0.25, -0.2) is 0 Å². The van der Waals surface area contributed by atoms with E-state index in [-0.39, 0.29) is 24.3 Å². The van der Waals surface area contributed by atoms with Crippen LogP contribution in [0.1, 0.15) is 19.3 Å². The number of terminal acetylenes is 1. The van der Waals surface area contributed by atoms with Gasteiger partial charge in [0.2, 0.25) is 0 Å². The van der Waals surface area contributed by atoms with E-state index in [9.17, 15) is 9.18 Å². The number of carbonyl (C=O) groups is 1. The Hall–Kier alpha value is -0.840. The Kier molecular flexibility index (Phi) is 2.64. The molecule has 0 aliphatic heterocycles. The molecule has 0 N–H and O–H groups in total. The monoisotopic (exact) mass is 154 g/mol. The third-order valence-corrected chi connectivity index (χ3v) is 2.20. The lowest BCUT2D eigenvalue weighted by atomic mass is 9.94. The van der Waals surface area contributed by atoms with Crippen molar-refractivity contribution < 1.29 is 9.18 Å². The van der Waals surface area contributed by atoms with E-state index < -0.39 is 0 Å². The Morgan fingerprint density at radius 3 is 2.91 bits per heavy atom. The summed E-state index contributed by atoms with van der Waals surface area (Å²) in [5, 5.41) is 0. The van der Waals surface area contributed by atoms with Gasteiger partial charge in [-0.1, -0.05) is 0 Å². The van der Waals surface area contributed by atoms with Gasteiger partial charge in [0.1, 0.15) is 5.78 Å². The van der Waals surface area contributed by atoms with E-state index in [0.717, 1.165) is 0 Å². The lowest BCUT2D eigenvalue weighted by molar-refractivity contribution is -0.117. The molecule has 0 amide bonds. The predicted molar refractivity (Wildman–Crippen MR) is 40.6 cm³/mol. The van der Waals surface area contributed by atoms with Crippen LogP contribution in [0.5, 0.6) is 0 Å². The highest BCUT2D eigenvalue weighted by Crippen LogP contribution is 2.30. The lowest BCUT2D eigenvalue weighted by Gasteiger charge is -2.09. The quantitative estimate of drug-likeness (QED) is 0.552. The van der Waals surface area contributed by atoms with Gasteiger partial charge in [0.15, 0.2) is 0 Å². The van der Waals surface area contributed by atoms with Crippen molar-refractivity contribution in [2.24, 2.45) is 11.8 Å². The van der Waals surface area contributed by atoms with E-state index in [1.807, 2.05) is 0 Å². The summed E-state index contributed by atoms with van der Waals surface area (Å²) < 4.78 is 11.9. The number of hydrogen-bond acceptors (Lipinski definition) is 1. The van der Waals surface area contributed by atoms with Crippen molar-refractivity contribution in [2.45, 2.75) is 19.3 Å². The van der Waals surface area contributed by atoms with Crippen molar-refractivity contribution in [3.05, 3.63) is 0 Å². The summed E-state index contributed by atoms with van der Waals surface area (Å²) in [6.45, 7) is -0.365. The van der Waals surface area contributed by atoms with Gasteiger partial charge in [-0.05, 0) is 12.3 Å². The Balaban J connectivity index is 2.52. The molecule has 60 valence electrons. The van der Waals surface area contributed by atoms with Crippen LogP contribution < -0.4 is 0 Å². The number of ketones is 1. The van der Waals surface area contributed by atoms with E-state index in [1.165, 1.54) is 0 Å². The first-order valence-electron chi connectivity index (χ1n) is 3.81. The maximum atomic E-state index is 11.9. The number of Topliss-reactive ketones (excluding diaryl/α,β-unsaturated/α-hetero) is 1. The van der Waals surface area contributed by atoms with E-state index in [1.54, 1.807) is 0 Å². The van der Waals surface area contributed by atoms with Crippen LogP contribution in [0, 0.1) is 24.2 Å². The summed E-state index contributed by atoms with van der Waals surface area (Å²) >= 11 is 0. The van der Waals surface area contributed by atoms with Crippen LogP contribution in [-0.2, 0) is 4.79 Å². The van der Waals surface area contributed by atoms with Crippen LogP contribution in [0.25, 0.3) is 0 Å². The highest BCUT2D eigenvalue weighted by Gasteiger charge is 2.30. The number of carbonyl (C=O) groups excluding carboxylic acids is 1. The zero-order valence-electron chi connectivity index (χ0n) is 6.35. The third kappa shape index (κ3) is 1.80. The van der Waals surface area contributed by atoms with E-state index in [2.05, 4.69) is 5.92 Å². The van der Waals surface area contributed by atoms with Gasteiger partial charge in [0.25, 0.3) is 0 Å². The predicted octanol–water partition coefficient (Wildman–Crippen LogP) is 1.57. The molecule has 1 aliphatic carbocycles. The average Bonchev–Trinajstić information content (AvgIpc) is 2.32. The first kappa shape index (κ1) is 8.26. The summed E-state index contributed by atoms with van der Waals surface area (Å²) in [6, 6.07) is 0. The minimum Gasteiger partial charge on any atom is -0.300 e. The summed E-state index contributed by atoms with van der Waals surface area (Å²) in [4.78, 5) is 10.9. The maximum Gasteiger partial charge on any atom is 0.134 e. The molecule has 2 unspecified atom stereocenters. The van der Waals surface area contributed by atoms with Gasteiger partial charge in [-0.15, -0.1) is 12.3 Å². The second-order valence-corrected chi connectivity index (χ2v) is 2.96. The van der Waals surface area contributed by atoms with Crippen molar-refractivity contribution in [3.8, 4) is 12.3 Å². The maximum absolute atomic E-state index is 11.9. The first-order valence-corrected chi connectivity index (χ1v) is 3.81. The second kappa shape index (κ2) is 3.52. The van der Waals surface area contributed by atoms with Crippen molar-refractivity contribution in [1.29, 1.82) is 0 Å². The van der Waals surface area contributed by atoms with Gasteiger partial charge in [0, 0.05) is 18.8 Å². The largest absolute Gasteiger partial charge is 0.300 e. The van der Waals surface area contributed by atoms with Crippen molar-refractivity contribution in [2.75, 3.05) is 6.67 Å². The Bertz CT molecular complexity index is 192. The average molecular weight is 154 g/mol. The van der Waals surface area contributed by atoms with Crippen LogP contribution in [0.4, 0.5) is 4.39 Å². The van der Waals surface area contributed by atoms with Crippen LogP contribution in [0.2, 0.25) is 0 Å². The zero-order valence-corrected chi connectivity index (χ0v) is 6.35. The molecule has 0 aromatic heterocycles. The van der Waals surface area contributed by atoms with Gasteiger partial charge in [0.05, 0.1) is 6.67 Å². The Morgan fingerprint density at radius 1 is 1.64 bits per heavy atom. The van der Waals surface area contributed by atoms with Crippen molar-refractivity contribution in [3.63, 3.8) is 0 Å². The summed E-state index contributed by atoms with van der Waals surface area (Å²) in [5.74, 6) is 2.84. The minimum absolute atomic E-state index is 0.00162. The van der Waals surface area contributed by atoms with Crippen molar-refractivity contribution >= 4 is 5.78 Å². The van der Waals surface area contributed by atoms with Gasteiger partial charge < -0.3 is 0 Å². The van der Waals surface area contributed by atoms with Crippen LogP contribution >= 0.6 is 0 Å². The molecular formula is C9H11FO. The highest BCUT2D eigenvalue weighted by molar-refractivity contribution is 5.81. The Labute approximate surface area is 66.0 Å². The molecule has 1 nitrogen and oxygen atoms in total. The zero-order chi connectivity index (χ0) is 8.27. The normalized spacial score (nSPS) is 30.4. The molecule has 2 atom stereocenters. The minimum atomic E-state index is -0.365. The molecule has 2 heteroatoms. The molecule has 0 aromatic rings. The first-order chi connectivity index (χ1) is 5.27. The molecule has 0 heterocycles. The smallest absolute Gasteiger partial charge is 0.134 e. The molecule has 0 spiro atoms. The van der Waals surface area contributed by atoms with Gasteiger partial charge in [-0.2, -0.15) is 0 Å².